The molecule has 0 aliphatic rings. The van der Waals surface area contributed by atoms with Gasteiger partial charge in [-0.3, -0.25) is 9.89 Å². The first-order valence-corrected chi connectivity index (χ1v) is 5.61. The Balaban J connectivity index is 2.16. The van der Waals surface area contributed by atoms with Crippen LogP contribution in [0, 0.1) is 6.92 Å². The second-order valence-corrected chi connectivity index (χ2v) is 3.92. The number of H-pyrrole nitrogens is 1. The minimum Gasteiger partial charge on any atom is -0.322 e. The zero-order chi connectivity index (χ0) is 12.3. The van der Waals surface area contributed by atoms with Gasteiger partial charge in [0.15, 0.2) is 0 Å². The highest BCUT2D eigenvalue weighted by Gasteiger charge is 2.10. The van der Waals surface area contributed by atoms with Gasteiger partial charge >= 0.3 is 0 Å². The summed E-state index contributed by atoms with van der Waals surface area (Å²) in [6.07, 6.45) is 2.49. The quantitative estimate of drug-likeness (QED) is 0.849. The number of amides is 1. The molecular weight excluding hydrogens is 214 g/mol. The van der Waals surface area contributed by atoms with E-state index < -0.39 is 0 Å². The number of anilines is 1. The Morgan fingerprint density at radius 1 is 1.47 bits per heavy atom. The Morgan fingerprint density at radius 3 is 2.94 bits per heavy atom. The lowest BCUT2D eigenvalue weighted by molar-refractivity contribution is 0.102. The average molecular weight is 229 g/mol. The maximum absolute atomic E-state index is 11.9. The third-order valence-corrected chi connectivity index (χ3v) is 2.67. The van der Waals surface area contributed by atoms with E-state index >= 15 is 0 Å². The van der Waals surface area contributed by atoms with E-state index in [1.54, 1.807) is 0 Å². The number of nitrogens with one attached hydrogen (secondary N) is 2. The van der Waals surface area contributed by atoms with Crippen molar-refractivity contribution in [1.82, 2.24) is 10.2 Å². The summed E-state index contributed by atoms with van der Waals surface area (Å²) in [5.41, 5.74) is 3.36. The molecule has 0 fully saturated rings. The molecule has 1 aromatic heterocycles. The summed E-state index contributed by atoms with van der Waals surface area (Å²) >= 11 is 0. The first-order chi connectivity index (χ1) is 8.20. The lowest BCUT2D eigenvalue weighted by Crippen LogP contribution is -2.12. The van der Waals surface area contributed by atoms with Crippen molar-refractivity contribution in [3.05, 3.63) is 47.3 Å². The standard InChI is InChI=1S/C13H15N3O/c1-3-10-5-4-6-11(7-10)15-13(17)12-8-14-16-9(12)2/h4-8H,3H2,1-2H3,(H,14,16)(H,15,17). The number of aromatic amines is 1. The second-order valence-electron chi connectivity index (χ2n) is 3.92. The highest BCUT2D eigenvalue weighted by molar-refractivity contribution is 6.04. The second kappa shape index (κ2) is 4.82. The number of hydrogen-bond donors (Lipinski definition) is 2. The molecule has 0 aliphatic heterocycles. The van der Waals surface area contributed by atoms with Gasteiger partial charge in [-0.15, -0.1) is 0 Å². The Kier molecular flexibility index (Phi) is 3.23. The molecule has 2 aromatic rings. The minimum absolute atomic E-state index is 0.135. The molecule has 4 heteroatoms. The molecule has 1 heterocycles. The molecule has 17 heavy (non-hydrogen) atoms. The van der Waals surface area contributed by atoms with E-state index in [9.17, 15) is 4.79 Å². The minimum atomic E-state index is -0.135. The summed E-state index contributed by atoms with van der Waals surface area (Å²) in [6, 6.07) is 7.84. The van der Waals surface area contributed by atoms with Gasteiger partial charge in [-0.2, -0.15) is 5.10 Å². The number of nitrogens with zero attached hydrogens (tertiary/aromatic N) is 1. The summed E-state index contributed by atoms with van der Waals surface area (Å²) in [6.45, 7) is 3.91. The van der Waals surface area contributed by atoms with Crippen molar-refractivity contribution in [3.63, 3.8) is 0 Å². The van der Waals surface area contributed by atoms with Gasteiger partial charge in [-0.05, 0) is 31.0 Å². The van der Waals surface area contributed by atoms with Gasteiger partial charge in [0.2, 0.25) is 0 Å². The predicted octanol–water partition coefficient (Wildman–Crippen LogP) is 2.53. The lowest BCUT2D eigenvalue weighted by atomic mass is 10.1. The van der Waals surface area contributed by atoms with Crippen LogP contribution in [0.1, 0.15) is 28.5 Å². The van der Waals surface area contributed by atoms with Gasteiger partial charge in [0.05, 0.1) is 11.8 Å². The van der Waals surface area contributed by atoms with E-state index in [1.165, 1.54) is 11.8 Å². The van der Waals surface area contributed by atoms with Crippen molar-refractivity contribution in [1.29, 1.82) is 0 Å². The van der Waals surface area contributed by atoms with Crippen molar-refractivity contribution in [2.45, 2.75) is 20.3 Å². The highest BCUT2D eigenvalue weighted by Crippen LogP contribution is 2.13. The Hall–Kier alpha value is -2.10. The third kappa shape index (κ3) is 2.53. The van der Waals surface area contributed by atoms with Crippen LogP contribution in [-0.2, 0) is 6.42 Å². The molecule has 0 bridgehead atoms. The predicted molar refractivity (Wildman–Crippen MR) is 67.1 cm³/mol. The fourth-order valence-electron chi connectivity index (χ4n) is 1.65. The Bertz CT molecular complexity index is 531. The van der Waals surface area contributed by atoms with E-state index in [0.29, 0.717) is 5.56 Å². The molecule has 4 nitrogen and oxygen atoms in total. The summed E-state index contributed by atoms with van der Waals surface area (Å²) in [5, 5.41) is 9.44. The molecule has 0 unspecified atom stereocenters. The van der Waals surface area contributed by atoms with Crippen LogP contribution in [0.25, 0.3) is 0 Å². The number of carbonyl (C=O) groups is 1. The van der Waals surface area contributed by atoms with Crippen LogP contribution in [0.15, 0.2) is 30.5 Å². The maximum atomic E-state index is 11.9. The topological polar surface area (TPSA) is 57.8 Å². The number of carbonyl (C=O) groups excluding carboxylic acids is 1. The zero-order valence-electron chi connectivity index (χ0n) is 9.95. The number of aryl methyl sites for hydroxylation is 2. The zero-order valence-corrected chi connectivity index (χ0v) is 9.95. The monoisotopic (exact) mass is 229 g/mol. The Labute approximate surface area is 100 Å². The van der Waals surface area contributed by atoms with Gasteiger partial charge in [-0.25, -0.2) is 0 Å². The normalized spacial score (nSPS) is 10.2. The van der Waals surface area contributed by atoms with E-state index in [4.69, 9.17) is 0 Å². The van der Waals surface area contributed by atoms with Crippen molar-refractivity contribution in [3.8, 4) is 0 Å². The van der Waals surface area contributed by atoms with Crippen LogP contribution >= 0.6 is 0 Å². The van der Waals surface area contributed by atoms with Crippen LogP contribution in [0.4, 0.5) is 5.69 Å². The van der Waals surface area contributed by atoms with Gasteiger partial charge in [0.1, 0.15) is 0 Å². The lowest BCUT2D eigenvalue weighted by Gasteiger charge is -2.05. The molecule has 1 aromatic carbocycles. The van der Waals surface area contributed by atoms with Gasteiger partial charge < -0.3 is 5.32 Å². The summed E-state index contributed by atoms with van der Waals surface area (Å²) in [4.78, 5) is 11.9. The van der Waals surface area contributed by atoms with E-state index in [-0.39, 0.29) is 5.91 Å². The van der Waals surface area contributed by atoms with Crippen LogP contribution in [0.3, 0.4) is 0 Å². The number of aromatic nitrogens is 2. The van der Waals surface area contributed by atoms with E-state index in [2.05, 4.69) is 22.4 Å². The fourth-order valence-corrected chi connectivity index (χ4v) is 1.65. The first-order valence-electron chi connectivity index (χ1n) is 5.61. The van der Waals surface area contributed by atoms with Crippen LogP contribution in [0.2, 0.25) is 0 Å². The highest BCUT2D eigenvalue weighted by atomic mass is 16.1. The fraction of sp³-hybridized carbons (Fsp3) is 0.231. The molecule has 2 rings (SSSR count). The molecule has 0 radical (unpaired) electrons. The van der Waals surface area contributed by atoms with Crippen molar-refractivity contribution < 1.29 is 4.79 Å². The number of hydrogen-bond acceptors (Lipinski definition) is 2. The van der Waals surface area contributed by atoms with Crippen molar-refractivity contribution in [2.24, 2.45) is 0 Å². The molecule has 1 amide bonds. The SMILES string of the molecule is CCc1cccc(NC(=O)c2cn[nH]c2C)c1. The summed E-state index contributed by atoms with van der Waals surface area (Å²) < 4.78 is 0. The maximum Gasteiger partial charge on any atom is 0.259 e. The summed E-state index contributed by atoms with van der Waals surface area (Å²) in [5.74, 6) is -0.135. The molecule has 0 atom stereocenters. The molecule has 0 spiro atoms. The van der Waals surface area contributed by atoms with Crippen LogP contribution in [-0.4, -0.2) is 16.1 Å². The van der Waals surface area contributed by atoms with Crippen molar-refractivity contribution >= 4 is 11.6 Å². The molecule has 2 N–H and O–H groups in total. The molecule has 0 saturated heterocycles. The van der Waals surface area contributed by atoms with Gasteiger partial charge in [-0.1, -0.05) is 19.1 Å². The smallest absolute Gasteiger partial charge is 0.259 e. The van der Waals surface area contributed by atoms with E-state index in [0.717, 1.165) is 17.8 Å². The van der Waals surface area contributed by atoms with Gasteiger partial charge in [0.25, 0.3) is 5.91 Å². The van der Waals surface area contributed by atoms with Crippen molar-refractivity contribution in [2.75, 3.05) is 5.32 Å². The number of rotatable bonds is 3. The number of benzene rings is 1. The molecule has 88 valence electrons. The summed E-state index contributed by atoms with van der Waals surface area (Å²) in [7, 11) is 0. The van der Waals surface area contributed by atoms with Crippen LogP contribution < -0.4 is 5.32 Å². The molecular formula is C13H15N3O. The average Bonchev–Trinajstić information content (AvgIpc) is 2.76. The van der Waals surface area contributed by atoms with Crippen LogP contribution in [0.5, 0.6) is 0 Å². The van der Waals surface area contributed by atoms with Gasteiger partial charge in [0, 0.05) is 11.4 Å². The third-order valence-electron chi connectivity index (χ3n) is 2.67. The Morgan fingerprint density at radius 2 is 2.29 bits per heavy atom. The first kappa shape index (κ1) is 11.4. The molecule has 0 aliphatic carbocycles. The van der Waals surface area contributed by atoms with E-state index in [1.807, 2.05) is 31.2 Å². The molecule has 0 saturated carbocycles. The largest absolute Gasteiger partial charge is 0.322 e.